The van der Waals surface area contributed by atoms with Crippen LogP contribution in [0, 0.1) is 0 Å². The van der Waals surface area contributed by atoms with Gasteiger partial charge in [-0.2, -0.15) is 10.2 Å². The zero-order chi connectivity index (χ0) is 15.6. The first kappa shape index (κ1) is 12.3. The lowest BCUT2D eigenvalue weighted by Gasteiger charge is -2.07. The normalized spacial score (nSPS) is 14.3. The Morgan fingerprint density at radius 1 is 0.957 bits per heavy atom. The Bertz CT molecular complexity index is 1230. The summed E-state index contributed by atoms with van der Waals surface area (Å²) in [6.45, 7) is 0. The second-order valence-corrected chi connectivity index (χ2v) is 5.72. The van der Waals surface area contributed by atoms with Crippen LogP contribution in [0.15, 0.2) is 52.7 Å². The second-order valence-electron chi connectivity index (χ2n) is 5.72. The molecule has 3 aromatic rings. The maximum atomic E-state index is 11.3. The van der Waals surface area contributed by atoms with Gasteiger partial charge < -0.3 is 5.11 Å². The SMILES string of the molecule is O=C(O)C1=CC=c2c1ccc1c2ccc2cc3c(cc21)=CN=N3. The van der Waals surface area contributed by atoms with Crippen molar-refractivity contribution < 1.29 is 9.90 Å². The number of carboxylic acid groups (broad SMARTS) is 1. The van der Waals surface area contributed by atoms with Gasteiger partial charge in [0.25, 0.3) is 0 Å². The van der Waals surface area contributed by atoms with Crippen molar-refractivity contribution in [1.82, 2.24) is 0 Å². The zero-order valence-corrected chi connectivity index (χ0v) is 11.9. The number of hydrogen-bond acceptors (Lipinski definition) is 3. The number of carboxylic acids is 1. The molecule has 3 aromatic carbocycles. The van der Waals surface area contributed by atoms with Crippen molar-refractivity contribution in [3.05, 3.63) is 58.5 Å². The number of carbonyl (C=O) groups is 1. The first-order valence-corrected chi connectivity index (χ1v) is 7.28. The fourth-order valence-electron chi connectivity index (χ4n) is 3.42. The fourth-order valence-corrected chi connectivity index (χ4v) is 3.42. The minimum absolute atomic E-state index is 0.349. The zero-order valence-electron chi connectivity index (χ0n) is 11.9. The third-order valence-corrected chi connectivity index (χ3v) is 4.51. The molecule has 0 saturated carbocycles. The van der Waals surface area contributed by atoms with E-state index in [1.807, 2.05) is 30.3 Å². The number of aliphatic carboxylic acids is 1. The number of hydrogen-bond donors (Lipinski definition) is 1. The van der Waals surface area contributed by atoms with Gasteiger partial charge >= 0.3 is 5.97 Å². The van der Waals surface area contributed by atoms with Crippen molar-refractivity contribution in [3.8, 4) is 0 Å². The highest BCUT2D eigenvalue weighted by atomic mass is 16.4. The van der Waals surface area contributed by atoms with E-state index in [2.05, 4.69) is 22.4 Å². The number of nitrogens with zero attached hydrogens (tertiary/aromatic N) is 2. The number of azo groups is 1. The Hall–Kier alpha value is -3.27. The standard InChI is InChI=1S/C19H10N2O2/c22-19(23)16-6-5-13-12-2-1-10-8-18-11(9-20-21-18)7-17(10)15(12)4-3-14(13)16/h1-9H,(H,22,23). The molecule has 2 aliphatic rings. The van der Waals surface area contributed by atoms with Crippen LogP contribution >= 0.6 is 0 Å². The average molecular weight is 298 g/mol. The molecule has 23 heavy (non-hydrogen) atoms. The van der Waals surface area contributed by atoms with Crippen LogP contribution in [0.25, 0.3) is 39.4 Å². The Morgan fingerprint density at radius 3 is 2.70 bits per heavy atom. The van der Waals surface area contributed by atoms with Gasteiger partial charge in [-0.15, -0.1) is 0 Å². The third-order valence-electron chi connectivity index (χ3n) is 4.51. The first-order valence-electron chi connectivity index (χ1n) is 7.28. The van der Waals surface area contributed by atoms with E-state index in [0.717, 1.165) is 43.2 Å². The van der Waals surface area contributed by atoms with Gasteiger partial charge in [0.05, 0.1) is 17.5 Å². The Balaban J connectivity index is 1.90. The highest BCUT2D eigenvalue weighted by Gasteiger charge is 2.17. The van der Waals surface area contributed by atoms with E-state index >= 15 is 0 Å². The molecule has 0 spiro atoms. The molecule has 1 aliphatic heterocycles. The summed E-state index contributed by atoms with van der Waals surface area (Å²) in [5, 5.41) is 23.8. The molecular formula is C19H10N2O2. The quantitative estimate of drug-likeness (QED) is 0.702. The molecule has 4 nitrogen and oxygen atoms in total. The summed E-state index contributed by atoms with van der Waals surface area (Å²) >= 11 is 0. The molecule has 0 amide bonds. The fraction of sp³-hybridized carbons (Fsp3) is 0. The minimum Gasteiger partial charge on any atom is -0.478 e. The van der Waals surface area contributed by atoms with E-state index in [0.29, 0.717) is 5.57 Å². The molecule has 1 N–H and O–H groups in total. The molecule has 0 aromatic heterocycles. The predicted molar refractivity (Wildman–Crippen MR) is 89.8 cm³/mol. The molecule has 0 bridgehead atoms. The minimum atomic E-state index is -0.893. The Labute approximate surface area is 130 Å². The third kappa shape index (κ3) is 1.57. The summed E-state index contributed by atoms with van der Waals surface area (Å²) in [5.41, 5.74) is 2.02. The van der Waals surface area contributed by atoms with Crippen LogP contribution in [0.2, 0.25) is 0 Å². The van der Waals surface area contributed by atoms with Crippen molar-refractivity contribution >= 4 is 51.1 Å². The summed E-state index contributed by atoms with van der Waals surface area (Å²) in [4.78, 5) is 11.3. The van der Waals surface area contributed by atoms with E-state index in [1.54, 1.807) is 12.3 Å². The summed E-state index contributed by atoms with van der Waals surface area (Å²) in [6, 6.07) is 12.1. The Kier molecular flexibility index (Phi) is 2.21. The monoisotopic (exact) mass is 298 g/mol. The van der Waals surface area contributed by atoms with Crippen molar-refractivity contribution in [3.63, 3.8) is 0 Å². The molecule has 0 unspecified atom stereocenters. The molecule has 1 heterocycles. The number of fused-ring (bicyclic) bond motifs is 6. The van der Waals surface area contributed by atoms with Gasteiger partial charge in [0.15, 0.2) is 0 Å². The molecule has 0 atom stereocenters. The molecule has 0 radical (unpaired) electrons. The van der Waals surface area contributed by atoms with Crippen molar-refractivity contribution in [2.45, 2.75) is 0 Å². The van der Waals surface area contributed by atoms with Crippen LogP contribution in [-0.4, -0.2) is 11.1 Å². The maximum Gasteiger partial charge on any atom is 0.336 e. The van der Waals surface area contributed by atoms with Gasteiger partial charge in [0.2, 0.25) is 0 Å². The van der Waals surface area contributed by atoms with E-state index < -0.39 is 5.97 Å². The molecule has 4 heteroatoms. The molecular weight excluding hydrogens is 288 g/mol. The van der Waals surface area contributed by atoms with Crippen LogP contribution in [0.1, 0.15) is 5.56 Å². The lowest BCUT2D eigenvalue weighted by atomic mass is 9.96. The van der Waals surface area contributed by atoms with Gasteiger partial charge in [0, 0.05) is 5.22 Å². The molecule has 0 saturated heterocycles. The number of allylic oxidation sites excluding steroid dienone is 1. The summed E-state index contributed by atoms with van der Waals surface area (Å²) < 4.78 is 0. The summed E-state index contributed by atoms with van der Waals surface area (Å²) in [7, 11) is 0. The second kappa shape index (κ2) is 4.14. The van der Waals surface area contributed by atoms with Gasteiger partial charge in [-0.1, -0.05) is 30.3 Å². The van der Waals surface area contributed by atoms with Crippen molar-refractivity contribution in [1.29, 1.82) is 0 Å². The molecule has 1 aliphatic carbocycles. The molecule has 5 rings (SSSR count). The Morgan fingerprint density at radius 2 is 1.83 bits per heavy atom. The smallest absolute Gasteiger partial charge is 0.336 e. The molecule has 108 valence electrons. The van der Waals surface area contributed by atoms with Gasteiger partial charge in [-0.3, -0.25) is 0 Å². The average Bonchev–Trinajstić information content (AvgIpc) is 3.18. The number of benzene rings is 3. The van der Waals surface area contributed by atoms with E-state index in [9.17, 15) is 9.90 Å². The maximum absolute atomic E-state index is 11.3. The van der Waals surface area contributed by atoms with Gasteiger partial charge in [-0.25, -0.2) is 4.79 Å². The van der Waals surface area contributed by atoms with E-state index in [1.165, 1.54) is 0 Å². The largest absolute Gasteiger partial charge is 0.478 e. The topological polar surface area (TPSA) is 62.0 Å². The van der Waals surface area contributed by atoms with Crippen molar-refractivity contribution in [2.24, 2.45) is 10.2 Å². The van der Waals surface area contributed by atoms with Gasteiger partial charge in [-0.05, 0) is 50.5 Å². The van der Waals surface area contributed by atoms with Crippen molar-refractivity contribution in [2.75, 3.05) is 0 Å². The highest BCUT2D eigenvalue weighted by molar-refractivity contribution is 6.20. The van der Waals surface area contributed by atoms with Crippen LogP contribution in [0.5, 0.6) is 0 Å². The van der Waals surface area contributed by atoms with Crippen LogP contribution < -0.4 is 10.4 Å². The summed E-state index contributed by atoms with van der Waals surface area (Å²) in [5.74, 6) is -0.893. The molecule has 0 fully saturated rings. The lowest BCUT2D eigenvalue weighted by Crippen LogP contribution is -2.09. The van der Waals surface area contributed by atoms with Crippen LogP contribution in [0.3, 0.4) is 0 Å². The summed E-state index contributed by atoms with van der Waals surface area (Å²) in [6.07, 6.45) is 5.32. The first-order chi connectivity index (χ1) is 11.2. The highest BCUT2D eigenvalue weighted by Crippen LogP contribution is 2.28. The van der Waals surface area contributed by atoms with E-state index in [-0.39, 0.29) is 0 Å². The predicted octanol–water partition coefficient (Wildman–Crippen LogP) is 3.09. The number of rotatable bonds is 1. The van der Waals surface area contributed by atoms with Crippen LogP contribution in [-0.2, 0) is 4.79 Å². The lowest BCUT2D eigenvalue weighted by molar-refractivity contribution is -0.130. The van der Waals surface area contributed by atoms with Gasteiger partial charge in [0.1, 0.15) is 0 Å². The van der Waals surface area contributed by atoms with Crippen LogP contribution in [0.4, 0.5) is 5.69 Å². The van der Waals surface area contributed by atoms with E-state index in [4.69, 9.17) is 0 Å².